The predicted octanol–water partition coefficient (Wildman–Crippen LogP) is 1.52. The summed E-state index contributed by atoms with van der Waals surface area (Å²) in [5, 5.41) is 11.3. The van der Waals surface area contributed by atoms with Crippen LogP contribution in [0.4, 0.5) is 18.9 Å². The lowest BCUT2D eigenvalue weighted by atomic mass is 9.93. The minimum absolute atomic E-state index is 0.00801. The number of carboxylic acids is 1. The summed E-state index contributed by atoms with van der Waals surface area (Å²) in [6, 6.07) is 1.72. The van der Waals surface area contributed by atoms with Crippen LogP contribution in [-0.2, 0) is 16.6 Å². The van der Waals surface area contributed by atoms with E-state index in [-0.39, 0.29) is 17.4 Å². The van der Waals surface area contributed by atoms with Gasteiger partial charge in [-0.15, -0.1) is 0 Å². The Kier molecular flexibility index (Phi) is 6.54. The second kappa shape index (κ2) is 8.89. The number of likely N-dealkylation sites (N-methyl/N-ethyl adjacent to an activating group) is 1. The van der Waals surface area contributed by atoms with Crippen molar-refractivity contribution in [3.8, 4) is 0 Å². The lowest BCUT2D eigenvalue weighted by molar-refractivity contribution is -0.192. The molecule has 2 aromatic rings. The van der Waals surface area contributed by atoms with Crippen LogP contribution in [0.5, 0.6) is 0 Å². The van der Waals surface area contributed by atoms with E-state index < -0.39 is 12.1 Å². The topological polar surface area (TPSA) is 112 Å². The zero-order chi connectivity index (χ0) is 24.6. The molecule has 2 aliphatic rings. The van der Waals surface area contributed by atoms with E-state index in [1.54, 1.807) is 35.0 Å². The fraction of sp³-hybridized carbons (Fsp3) is 0.500. The zero-order valence-electron chi connectivity index (χ0n) is 18.3. The Bertz CT molecular complexity index is 1050. The lowest BCUT2D eigenvalue weighted by Gasteiger charge is -2.46. The number of halogens is 3. The summed E-state index contributed by atoms with van der Waals surface area (Å²) in [7, 11) is 3.80. The molecule has 10 nitrogen and oxygen atoms in total. The summed E-state index contributed by atoms with van der Waals surface area (Å²) in [4.78, 5) is 40.0. The van der Waals surface area contributed by atoms with E-state index in [0.717, 1.165) is 12.1 Å². The number of aryl methyl sites for hydroxylation is 2. The minimum atomic E-state index is -5.08. The van der Waals surface area contributed by atoms with E-state index in [0.29, 0.717) is 37.5 Å². The Morgan fingerprint density at radius 1 is 1.24 bits per heavy atom. The van der Waals surface area contributed by atoms with Crippen molar-refractivity contribution in [2.24, 2.45) is 7.05 Å². The van der Waals surface area contributed by atoms with Crippen molar-refractivity contribution < 1.29 is 37.1 Å². The molecule has 180 valence electrons. The van der Waals surface area contributed by atoms with Crippen molar-refractivity contribution in [1.82, 2.24) is 19.6 Å². The molecule has 13 heteroatoms. The number of furan rings is 1. The van der Waals surface area contributed by atoms with Crippen LogP contribution < -0.4 is 4.90 Å². The van der Waals surface area contributed by atoms with E-state index in [1.165, 1.54) is 0 Å². The Hall–Kier alpha value is -3.35. The van der Waals surface area contributed by atoms with Gasteiger partial charge in [0, 0.05) is 32.9 Å². The monoisotopic (exact) mass is 471 g/mol. The molecule has 1 atom stereocenters. The van der Waals surface area contributed by atoms with Gasteiger partial charge in [-0.2, -0.15) is 18.3 Å². The smallest absolute Gasteiger partial charge is 0.475 e. The quantitative estimate of drug-likeness (QED) is 0.707. The highest BCUT2D eigenvalue weighted by atomic mass is 19.4. The number of aromatic nitrogens is 2. The molecule has 2 aliphatic heterocycles. The fourth-order valence-electron chi connectivity index (χ4n) is 3.99. The molecule has 1 spiro atoms. The molecule has 1 unspecified atom stereocenters. The number of hydrogen-bond donors (Lipinski definition) is 1. The highest BCUT2D eigenvalue weighted by Crippen LogP contribution is 2.34. The molecule has 2 aromatic heterocycles. The summed E-state index contributed by atoms with van der Waals surface area (Å²) in [6.07, 6.45) is 0.855. The number of hydrogen-bond acceptors (Lipinski definition) is 6. The van der Waals surface area contributed by atoms with Crippen molar-refractivity contribution in [2.45, 2.75) is 25.1 Å². The highest BCUT2D eigenvalue weighted by molar-refractivity contribution is 5.97. The van der Waals surface area contributed by atoms with Crippen molar-refractivity contribution >= 4 is 23.5 Å². The summed E-state index contributed by atoms with van der Waals surface area (Å²) in [6.45, 7) is 3.96. The first-order valence-corrected chi connectivity index (χ1v) is 9.98. The molecule has 33 heavy (non-hydrogen) atoms. The minimum Gasteiger partial charge on any atom is -0.475 e. The van der Waals surface area contributed by atoms with Crippen LogP contribution in [0.15, 0.2) is 29.1 Å². The molecule has 4 heterocycles. The number of carbonyl (C=O) groups excluding carboxylic acids is 2. The molecule has 0 aliphatic carbocycles. The first-order chi connectivity index (χ1) is 15.3. The first kappa shape index (κ1) is 24.3. The Labute approximate surface area is 187 Å². The van der Waals surface area contributed by atoms with E-state index in [4.69, 9.17) is 14.3 Å². The normalized spacial score (nSPS) is 21.3. The summed E-state index contributed by atoms with van der Waals surface area (Å²) in [5.41, 5.74) is 1.18. The van der Waals surface area contributed by atoms with Crippen molar-refractivity contribution in [3.63, 3.8) is 0 Å². The molecule has 2 fully saturated rings. The Balaban J connectivity index is 0.000000383. The van der Waals surface area contributed by atoms with E-state index in [2.05, 4.69) is 10.00 Å². The molecule has 4 rings (SSSR count). The van der Waals surface area contributed by atoms with Gasteiger partial charge in [0.15, 0.2) is 0 Å². The van der Waals surface area contributed by atoms with Gasteiger partial charge in [-0.3, -0.25) is 19.2 Å². The summed E-state index contributed by atoms with van der Waals surface area (Å²) >= 11 is 0. The van der Waals surface area contributed by atoms with Gasteiger partial charge in [0.05, 0.1) is 35.8 Å². The van der Waals surface area contributed by atoms with Gasteiger partial charge in [-0.1, -0.05) is 0 Å². The molecule has 2 saturated heterocycles. The largest absolute Gasteiger partial charge is 0.490 e. The standard InChI is InChI=1S/C18H23N5O3.C2HF3O2/c1-13-15(4-7-26-13)17(25)22-6-5-18(11-22)12-23(16(24)10-20(18)2)14-8-19-21(3)9-14;3-2(4,5)1(6)7/h4,7-9H,5-6,10-12H2,1-3H3;(H,6,7). The number of carbonyl (C=O) groups is 3. The molecule has 0 saturated carbocycles. The number of likely N-dealkylation sites (tertiary alicyclic amines) is 1. The molecule has 0 bridgehead atoms. The van der Waals surface area contributed by atoms with Crippen LogP contribution in [0.2, 0.25) is 0 Å². The van der Waals surface area contributed by atoms with Crippen LogP contribution >= 0.6 is 0 Å². The molecule has 1 N–H and O–H groups in total. The van der Waals surface area contributed by atoms with Crippen LogP contribution in [0.3, 0.4) is 0 Å². The average Bonchev–Trinajstić information content (AvgIpc) is 3.45. The second-order valence-corrected chi connectivity index (χ2v) is 8.10. The van der Waals surface area contributed by atoms with Gasteiger partial charge in [0.25, 0.3) is 5.91 Å². The molecular weight excluding hydrogens is 447 g/mol. The summed E-state index contributed by atoms with van der Waals surface area (Å²) < 4.78 is 38.7. The average molecular weight is 471 g/mol. The third kappa shape index (κ3) is 5.02. The summed E-state index contributed by atoms with van der Waals surface area (Å²) in [5.74, 6) is -2.07. The van der Waals surface area contributed by atoms with Gasteiger partial charge >= 0.3 is 12.1 Å². The van der Waals surface area contributed by atoms with Crippen LogP contribution in [-0.4, -0.2) is 87.4 Å². The number of piperazine rings is 1. The van der Waals surface area contributed by atoms with Crippen molar-refractivity contribution in [1.29, 1.82) is 0 Å². The third-order valence-corrected chi connectivity index (χ3v) is 5.89. The molecule has 2 amide bonds. The van der Waals surface area contributed by atoms with E-state index in [9.17, 15) is 22.8 Å². The number of carboxylic acid groups (broad SMARTS) is 1. The maximum Gasteiger partial charge on any atom is 0.490 e. The molecule has 0 aromatic carbocycles. The SMILES string of the molecule is Cc1occc1C(=O)N1CCC2(C1)CN(c1cnn(C)c1)C(=O)CN2C.O=C(O)C(F)(F)F. The maximum absolute atomic E-state index is 12.8. The number of amides is 2. The van der Waals surface area contributed by atoms with Crippen molar-refractivity contribution in [3.05, 3.63) is 36.0 Å². The van der Waals surface area contributed by atoms with Crippen LogP contribution in [0.1, 0.15) is 22.5 Å². The molecular formula is C20H24F3N5O5. The van der Waals surface area contributed by atoms with Gasteiger partial charge < -0.3 is 19.3 Å². The molecule has 0 radical (unpaired) electrons. The van der Waals surface area contributed by atoms with Gasteiger partial charge in [0.1, 0.15) is 5.76 Å². The lowest BCUT2D eigenvalue weighted by Crippen LogP contribution is -2.64. The van der Waals surface area contributed by atoms with E-state index in [1.807, 2.05) is 25.2 Å². The van der Waals surface area contributed by atoms with Crippen LogP contribution in [0, 0.1) is 6.92 Å². The number of rotatable bonds is 2. The number of nitrogens with zero attached hydrogens (tertiary/aromatic N) is 5. The van der Waals surface area contributed by atoms with Gasteiger partial charge in [-0.25, -0.2) is 4.79 Å². The van der Waals surface area contributed by atoms with Crippen molar-refractivity contribution in [2.75, 3.05) is 38.1 Å². The van der Waals surface area contributed by atoms with Crippen LogP contribution in [0.25, 0.3) is 0 Å². The first-order valence-electron chi connectivity index (χ1n) is 9.98. The number of aliphatic carboxylic acids is 1. The maximum atomic E-state index is 12.8. The number of alkyl halides is 3. The predicted molar refractivity (Wildman–Crippen MR) is 109 cm³/mol. The third-order valence-electron chi connectivity index (χ3n) is 5.89. The second-order valence-electron chi connectivity index (χ2n) is 8.10. The fourth-order valence-corrected chi connectivity index (χ4v) is 3.99. The van der Waals surface area contributed by atoms with E-state index >= 15 is 0 Å². The number of anilines is 1. The van der Waals surface area contributed by atoms with Gasteiger partial charge in [0.2, 0.25) is 5.91 Å². The highest BCUT2D eigenvalue weighted by Gasteiger charge is 2.49. The van der Waals surface area contributed by atoms with Gasteiger partial charge in [-0.05, 0) is 26.5 Å². The Morgan fingerprint density at radius 2 is 1.91 bits per heavy atom. The zero-order valence-corrected chi connectivity index (χ0v) is 18.3. The Morgan fingerprint density at radius 3 is 2.42 bits per heavy atom.